The molecule has 4 nitrogen and oxygen atoms in total. The first-order chi connectivity index (χ1) is 9.80. The molecule has 0 aliphatic carbocycles. The normalized spacial score (nSPS) is 19.9. The van der Waals surface area contributed by atoms with E-state index in [0.29, 0.717) is 11.2 Å². The second kappa shape index (κ2) is 4.65. The fraction of sp³-hybridized carbons (Fsp3) is 0.375. The molecule has 1 aromatic carbocycles. The molecule has 0 saturated carbocycles. The monoisotopic (exact) mass is 282 g/mol. The van der Waals surface area contributed by atoms with Crippen LogP contribution >= 0.6 is 0 Å². The maximum absolute atomic E-state index is 6.00. The standard InChI is InChI=1S/C16H19BN2O2/c1-11(17-20-15(2,3)16(4,5)21-17)14-10-18-12-8-6-7-9-13(12)19-14/h6-10H,1H2,2-5H3. The van der Waals surface area contributed by atoms with Crippen molar-refractivity contribution in [3.63, 3.8) is 0 Å². The van der Waals surface area contributed by atoms with E-state index in [9.17, 15) is 0 Å². The summed E-state index contributed by atoms with van der Waals surface area (Å²) in [5, 5.41) is 0. The van der Waals surface area contributed by atoms with Crippen molar-refractivity contribution in [2.45, 2.75) is 38.9 Å². The Labute approximate surface area is 125 Å². The van der Waals surface area contributed by atoms with Gasteiger partial charge in [-0.3, -0.25) is 4.98 Å². The molecule has 0 amide bonds. The molecule has 1 aliphatic rings. The van der Waals surface area contributed by atoms with Gasteiger partial charge in [-0.25, -0.2) is 4.98 Å². The first-order valence-corrected chi connectivity index (χ1v) is 7.07. The van der Waals surface area contributed by atoms with Crippen molar-refractivity contribution in [2.75, 3.05) is 0 Å². The van der Waals surface area contributed by atoms with Crippen LogP contribution in [0.5, 0.6) is 0 Å². The van der Waals surface area contributed by atoms with Gasteiger partial charge in [0, 0.05) is 5.47 Å². The summed E-state index contributed by atoms with van der Waals surface area (Å²) in [4.78, 5) is 9.01. The summed E-state index contributed by atoms with van der Waals surface area (Å²) in [6.45, 7) is 12.2. The first-order valence-electron chi connectivity index (χ1n) is 7.07. The lowest BCUT2D eigenvalue weighted by atomic mass is 9.77. The molecule has 0 radical (unpaired) electrons. The minimum absolute atomic E-state index is 0.384. The van der Waals surface area contributed by atoms with Crippen LogP contribution in [0.2, 0.25) is 0 Å². The highest BCUT2D eigenvalue weighted by Gasteiger charge is 2.52. The third-order valence-electron chi connectivity index (χ3n) is 4.32. The Kier molecular flexibility index (Phi) is 3.15. The highest BCUT2D eigenvalue weighted by atomic mass is 16.7. The summed E-state index contributed by atoms with van der Waals surface area (Å²) in [6.07, 6.45) is 1.72. The number of hydrogen-bond acceptors (Lipinski definition) is 4. The summed E-state index contributed by atoms with van der Waals surface area (Å²) >= 11 is 0. The molecule has 0 N–H and O–H groups in total. The number of fused-ring (bicyclic) bond motifs is 1. The zero-order valence-electron chi connectivity index (χ0n) is 12.9. The van der Waals surface area contributed by atoms with Gasteiger partial charge >= 0.3 is 7.12 Å². The molecule has 108 valence electrons. The molecule has 1 saturated heterocycles. The van der Waals surface area contributed by atoms with Gasteiger partial charge < -0.3 is 9.31 Å². The Hall–Kier alpha value is -1.72. The zero-order chi connectivity index (χ0) is 15.3. The average Bonchev–Trinajstić information content (AvgIpc) is 2.66. The lowest BCUT2D eigenvalue weighted by Gasteiger charge is -2.32. The van der Waals surface area contributed by atoms with Crippen LogP contribution in [-0.4, -0.2) is 28.3 Å². The quantitative estimate of drug-likeness (QED) is 0.793. The molecule has 1 fully saturated rings. The molecule has 1 aromatic heterocycles. The van der Waals surface area contributed by atoms with Crippen molar-refractivity contribution < 1.29 is 9.31 Å². The van der Waals surface area contributed by atoms with Crippen LogP contribution in [0.25, 0.3) is 16.5 Å². The van der Waals surface area contributed by atoms with Gasteiger partial charge in [-0.15, -0.1) is 0 Å². The third-order valence-corrected chi connectivity index (χ3v) is 4.32. The Bertz CT molecular complexity index is 696. The number of hydrogen-bond donors (Lipinski definition) is 0. The summed E-state index contributed by atoms with van der Waals surface area (Å²) in [7, 11) is -0.495. The molecule has 0 atom stereocenters. The summed E-state index contributed by atoms with van der Waals surface area (Å²) in [6, 6.07) is 7.76. The van der Waals surface area contributed by atoms with E-state index in [4.69, 9.17) is 9.31 Å². The predicted molar refractivity (Wildman–Crippen MR) is 84.7 cm³/mol. The molecular formula is C16H19BN2O2. The first kappa shape index (κ1) is 14.2. The summed E-state index contributed by atoms with van der Waals surface area (Å²) < 4.78 is 12.0. The fourth-order valence-corrected chi connectivity index (χ4v) is 2.22. The van der Waals surface area contributed by atoms with Crippen molar-refractivity contribution >= 4 is 23.6 Å². The van der Waals surface area contributed by atoms with Gasteiger partial charge in [-0.05, 0) is 39.8 Å². The van der Waals surface area contributed by atoms with Crippen LogP contribution in [-0.2, 0) is 9.31 Å². The summed E-state index contributed by atoms with van der Waals surface area (Å²) in [5.41, 5.74) is 2.34. The van der Waals surface area contributed by atoms with Gasteiger partial charge in [0.25, 0.3) is 0 Å². The molecule has 1 aliphatic heterocycles. The van der Waals surface area contributed by atoms with Gasteiger partial charge in [-0.2, -0.15) is 0 Å². The van der Waals surface area contributed by atoms with Crippen molar-refractivity contribution in [3.8, 4) is 0 Å². The van der Waals surface area contributed by atoms with E-state index in [2.05, 4.69) is 16.5 Å². The van der Waals surface area contributed by atoms with Gasteiger partial charge in [0.15, 0.2) is 0 Å². The van der Waals surface area contributed by atoms with Crippen LogP contribution in [0, 0.1) is 0 Å². The number of rotatable bonds is 2. The van der Waals surface area contributed by atoms with Crippen molar-refractivity contribution in [1.82, 2.24) is 9.97 Å². The molecule has 5 heteroatoms. The van der Waals surface area contributed by atoms with Gasteiger partial charge in [0.1, 0.15) is 0 Å². The van der Waals surface area contributed by atoms with Crippen LogP contribution in [0.4, 0.5) is 0 Å². The predicted octanol–water partition coefficient (Wildman–Crippen LogP) is 3.27. The topological polar surface area (TPSA) is 44.2 Å². The minimum Gasteiger partial charge on any atom is -0.399 e. The minimum atomic E-state index is -0.495. The molecule has 21 heavy (non-hydrogen) atoms. The lowest BCUT2D eigenvalue weighted by Crippen LogP contribution is -2.41. The largest absolute Gasteiger partial charge is 0.496 e. The van der Waals surface area contributed by atoms with Crippen molar-refractivity contribution in [2.24, 2.45) is 0 Å². The molecule has 2 aromatic rings. The Morgan fingerprint density at radius 2 is 1.62 bits per heavy atom. The number of nitrogens with zero attached hydrogens (tertiary/aromatic N) is 2. The molecule has 0 spiro atoms. The van der Waals surface area contributed by atoms with Crippen LogP contribution in [0.1, 0.15) is 33.4 Å². The van der Waals surface area contributed by atoms with Crippen LogP contribution in [0.3, 0.4) is 0 Å². The van der Waals surface area contributed by atoms with Gasteiger partial charge in [0.05, 0.1) is 34.1 Å². The number of aromatic nitrogens is 2. The Morgan fingerprint density at radius 1 is 1.05 bits per heavy atom. The second-order valence-corrected chi connectivity index (χ2v) is 6.36. The number of benzene rings is 1. The average molecular weight is 282 g/mol. The van der Waals surface area contributed by atoms with E-state index in [0.717, 1.165) is 11.0 Å². The Balaban J connectivity index is 1.91. The SMILES string of the molecule is C=C(B1OC(C)(C)C(C)(C)O1)c1cnc2ccccc2n1. The maximum Gasteiger partial charge on any atom is 0.496 e. The Morgan fingerprint density at radius 3 is 2.24 bits per heavy atom. The van der Waals surface area contributed by atoms with Gasteiger partial charge in [0.2, 0.25) is 0 Å². The number of para-hydroxylation sites is 2. The smallest absolute Gasteiger partial charge is 0.399 e. The van der Waals surface area contributed by atoms with Crippen molar-refractivity contribution in [3.05, 3.63) is 42.7 Å². The van der Waals surface area contributed by atoms with E-state index in [1.807, 2.05) is 52.0 Å². The van der Waals surface area contributed by atoms with Crippen molar-refractivity contribution in [1.29, 1.82) is 0 Å². The maximum atomic E-state index is 6.00. The third kappa shape index (κ3) is 2.36. The van der Waals surface area contributed by atoms with Crippen LogP contribution < -0.4 is 0 Å². The molecular weight excluding hydrogens is 263 g/mol. The molecule has 2 heterocycles. The highest BCUT2D eigenvalue weighted by molar-refractivity contribution is 6.68. The fourth-order valence-electron chi connectivity index (χ4n) is 2.22. The summed E-state index contributed by atoms with van der Waals surface area (Å²) in [5.74, 6) is 0. The van der Waals surface area contributed by atoms with E-state index < -0.39 is 7.12 Å². The molecule has 3 rings (SSSR count). The second-order valence-electron chi connectivity index (χ2n) is 6.36. The van der Waals surface area contributed by atoms with E-state index in [1.54, 1.807) is 6.20 Å². The van der Waals surface area contributed by atoms with Gasteiger partial charge in [-0.1, -0.05) is 18.7 Å². The van der Waals surface area contributed by atoms with Crippen LogP contribution in [0.15, 0.2) is 37.0 Å². The zero-order valence-corrected chi connectivity index (χ0v) is 12.9. The lowest BCUT2D eigenvalue weighted by molar-refractivity contribution is 0.00578. The van der Waals surface area contributed by atoms with E-state index >= 15 is 0 Å². The molecule has 0 bridgehead atoms. The van der Waals surface area contributed by atoms with E-state index in [-0.39, 0.29) is 11.2 Å². The highest BCUT2D eigenvalue weighted by Crippen LogP contribution is 2.39. The van der Waals surface area contributed by atoms with E-state index in [1.165, 1.54) is 0 Å². The molecule has 0 unspecified atom stereocenters.